The third-order valence-electron chi connectivity index (χ3n) is 2.92. The second-order valence-electron chi connectivity index (χ2n) is 4.69. The van der Waals surface area contributed by atoms with Crippen LogP contribution in [0.25, 0.3) is 6.08 Å². The Morgan fingerprint density at radius 3 is 2.40 bits per heavy atom. The van der Waals surface area contributed by atoms with Gasteiger partial charge in [0.2, 0.25) is 6.10 Å². The molecule has 3 nitrogen and oxygen atoms in total. The first-order valence-corrected chi connectivity index (χ1v) is 7.53. The molecule has 1 aromatic heterocycles. The molecule has 0 fully saturated rings. The first-order valence-electron chi connectivity index (χ1n) is 6.59. The number of carbonyl (C=O) groups is 1. The van der Waals surface area contributed by atoms with Crippen LogP contribution in [0.2, 0.25) is 0 Å². The quantitative estimate of drug-likeness (QED) is 0.424. The molecule has 2 rings (SSSR count). The van der Waals surface area contributed by atoms with Gasteiger partial charge in [0.05, 0.1) is 16.8 Å². The molecule has 0 amide bonds. The Hall–Kier alpha value is -2.36. The van der Waals surface area contributed by atoms with E-state index in [9.17, 15) is 31.1 Å². The predicted octanol–water partition coefficient (Wildman–Crippen LogP) is 5.02. The minimum absolute atomic E-state index is 0.307. The largest absolute Gasteiger partial charge is 0.445 e. The molecule has 0 aliphatic carbocycles. The highest BCUT2D eigenvalue weighted by Gasteiger charge is 2.48. The number of hydrogen-bond acceptors (Lipinski definition) is 4. The van der Waals surface area contributed by atoms with Gasteiger partial charge in [-0.1, -0.05) is 18.2 Å². The molecule has 0 aliphatic rings. The fraction of sp³-hybridized carbons (Fsp3) is 0.200. The number of nitrogens with zero attached hydrogens (tertiary/aromatic N) is 1. The Labute approximate surface area is 141 Å². The Kier molecular flexibility index (Phi) is 5.51. The highest BCUT2D eigenvalue weighted by molar-refractivity contribution is 7.07. The lowest BCUT2D eigenvalue weighted by atomic mass is 10.0. The highest BCUT2D eigenvalue weighted by Crippen LogP contribution is 2.42. The molecule has 0 N–H and O–H groups in total. The summed E-state index contributed by atoms with van der Waals surface area (Å²) in [5.74, 6) is -1.44. The van der Waals surface area contributed by atoms with Crippen molar-refractivity contribution in [2.24, 2.45) is 0 Å². The predicted molar refractivity (Wildman–Crippen MR) is 77.5 cm³/mol. The lowest BCUT2D eigenvalue weighted by Gasteiger charge is -2.23. The van der Waals surface area contributed by atoms with E-state index in [4.69, 9.17) is 0 Å². The molecular weight excluding hydrogens is 372 g/mol. The maximum absolute atomic E-state index is 13.2. The van der Waals surface area contributed by atoms with Crippen LogP contribution in [-0.4, -0.2) is 17.1 Å². The summed E-state index contributed by atoms with van der Waals surface area (Å²) in [6, 6.07) is 3.07. The van der Waals surface area contributed by atoms with E-state index in [-0.39, 0.29) is 0 Å². The van der Waals surface area contributed by atoms with Gasteiger partial charge in [-0.25, -0.2) is 9.78 Å². The summed E-state index contributed by atoms with van der Waals surface area (Å²) >= 11 is 1.19. The van der Waals surface area contributed by atoms with Gasteiger partial charge in [0, 0.05) is 17.0 Å². The van der Waals surface area contributed by atoms with E-state index < -0.39 is 35.6 Å². The molecule has 25 heavy (non-hydrogen) atoms. The summed E-state index contributed by atoms with van der Waals surface area (Å²) in [4.78, 5) is 15.4. The summed E-state index contributed by atoms with van der Waals surface area (Å²) in [5, 5.41) is 1.52. The van der Waals surface area contributed by atoms with Crippen LogP contribution in [0.15, 0.2) is 41.2 Å². The van der Waals surface area contributed by atoms with Gasteiger partial charge in [-0.2, -0.15) is 26.3 Å². The van der Waals surface area contributed by atoms with Gasteiger partial charge in [-0.15, -0.1) is 11.3 Å². The molecule has 1 aromatic carbocycles. The fourth-order valence-electron chi connectivity index (χ4n) is 1.90. The lowest BCUT2D eigenvalue weighted by molar-refractivity contribution is -0.223. The molecule has 0 saturated carbocycles. The van der Waals surface area contributed by atoms with Gasteiger partial charge >= 0.3 is 18.3 Å². The summed E-state index contributed by atoms with van der Waals surface area (Å²) in [5.41, 5.74) is -0.962. The van der Waals surface area contributed by atoms with E-state index in [1.807, 2.05) is 0 Å². The van der Waals surface area contributed by atoms with E-state index in [1.165, 1.54) is 22.2 Å². The second-order valence-corrected chi connectivity index (χ2v) is 5.41. The first-order chi connectivity index (χ1) is 11.6. The zero-order valence-electron chi connectivity index (χ0n) is 12.1. The smallest absolute Gasteiger partial charge is 0.429 e. The number of benzene rings is 1. The van der Waals surface area contributed by atoms with Crippen LogP contribution in [0.1, 0.15) is 22.9 Å². The van der Waals surface area contributed by atoms with E-state index in [2.05, 4.69) is 9.72 Å². The van der Waals surface area contributed by atoms with Crippen molar-refractivity contribution in [1.29, 1.82) is 0 Å². The van der Waals surface area contributed by atoms with Crippen LogP contribution in [0.5, 0.6) is 0 Å². The number of hydrogen-bond donors (Lipinski definition) is 0. The van der Waals surface area contributed by atoms with Crippen molar-refractivity contribution in [3.8, 4) is 0 Å². The van der Waals surface area contributed by atoms with Crippen LogP contribution in [0.3, 0.4) is 0 Å². The van der Waals surface area contributed by atoms with Gasteiger partial charge in [0.15, 0.2) is 0 Å². The van der Waals surface area contributed by atoms with Crippen molar-refractivity contribution >= 4 is 23.4 Å². The summed E-state index contributed by atoms with van der Waals surface area (Å²) in [6.07, 6.45) is -11.5. The maximum Gasteiger partial charge on any atom is 0.429 e. The first kappa shape index (κ1) is 19.0. The molecule has 1 unspecified atom stereocenters. The lowest BCUT2D eigenvalue weighted by Crippen LogP contribution is -2.28. The van der Waals surface area contributed by atoms with Gasteiger partial charge in [-0.3, -0.25) is 0 Å². The van der Waals surface area contributed by atoms with Gasteiger partial charge < -0.3 is 4.74 Å². The highest BCUT2D eigenvalue weighted by atomic mass is 32.1. The zero-order valence-corrected chi connectivity index (χ0v) is 13.0. The van der Waals surface area contributed by atoms with Gasteiger partial charge in [-0.05, 0) is 12.1 Å². The number of rotatable bonds is 4. The van der Waals surface area contributed by atoms with E-state index >= 15 is 0 Å². The van der Waals surface area contributed by atoms with E-state index in [1.54, 1.807) is 0 Å². The molecule has 0 spiro atoms. The Balaban J connectivity index is 2.31. The third kappa shape index (κ3) is 5.05. The number of carbonyl (C=O) groups excluding carboxylic acids is 1. The number of ether oxygens (including phenoxy) is 1. The number of thiazole rings is 1. The van der Waals surface area contributed by atoms with E-state index in [0.717, 1.165) is 18.2 Å². The minimum atomic E-state index is -5.22. The Morgan fingerprint density at radius 1 is 1.16 bits per heavy atom. The Morgan fingerprint density at radius 2 is 1.84 bits per heavy atom. The van der Waals surface area contributed by atoms with E-state index in [0.29, 0.717) is 23.9 Å². The molecule has 1 atom stereocenters. The number of aromatic nitrogens is 1. The normalized spacial score (nSPS) is 13.8. The van der Waals surface area contributed by atoms with Crippen molar-refractivity contribution in [2.45, 2.75) is 18.5 Å². The second kappa shape index (κ2) is 7.26. The fourth-order valence-corrected chi connectivity index (χ4v) is 2.43. The molecule has 0 radical (unpaired) electrons. The summed E-state index contributed by atoms with van der Waals surface area (Å²) < 4.78 is 82.6. The maximum atomic E-state index is 13.2. The molecule has 0 aliphatic heterocycles. The standard InChI is InChI=1S/C15H9F6NO2S/c16-14(17,18)11-4-2-1-3-10(11)13(15(19,20)21)24-12(23)6-5-9-7-25-8-22-9/h1-8,13H. The number of halogens is 6. The molecular formula is C15H9F6NO2S. The van der Waals surface area contributed by atoms with Crippen LogP contribution in [0.4, 0.5) is 26.3 Å². The molecule has 1 heterocycles. The summed E-state index contributed by atoms with van der Waals surface area (Å²) in [7, 11) is 0. The van der Waals surface area contributed by atoms with Crippen LogP contribution < -0.4 is 0 Å². The SMILES string of the molecule is O=C(C=Cc1cscn1)OC(c1ccccc1C(F)(F)F)C(F)(F)F. The molecule has 134 valence electrons. The zero-order chi connectivity index (χ0) is 18.7. The average Bonchev–Trinajstić information content (AvgIpc) is 3.02. The van der Waals surface area contributed by atoms with Crippen LogP contribution in [0, 0.1) is 0 Å². The topological polar surface area (TPSA) is 39.2 Å². The van der Waals surface area contributed by atoms with Crippen molar-refractivity contribution in [2.75, 3.05) is 0 Å². The Bertz CT molecular complexity index is 752. The van der Waals surface area contributed by atoms with Crippen molar-refractivity contribution in [3.05, 3.63) is 58.1 Å². The van der Waals surface area contributed by atoms with Gasteiger partial charge in [0.25, 0.3) is 0 Å². The van der Waals surface area contributed by atoms with Crippen LogP contribution in [-0.2, 0) is 15.7 Å². The molecule has 10 heteroatoms. The molecule has 0 saturated heterocycles. The third-order valence-corrected chi connectivity index (χ3v) is 3.53. The average molecular weight is 381 g/mol. The summed E-state index contributed by atoms with van der Waals surface area (Å²) in [6.45, 7) is 0. The van der Waals surface area contributed by atoms with Crippen molar-refractivity contribution in [3.63, 3.8) is 0 Å². The van der Waals surface area contributed by atoms with Crippen molar-refractivity contribution in [1.82, 2.24) is 4.98 Å². The minimum Gasteiger partial charge on any atom is -0.445 e. The number of alkyl halides is 6. The number of esters is 1. The molecule has 0 bridgehead atoms. The molecule has 2 aromatic rings. The van der Waals surface area contributed by atoms with Crippen molar-refractivity contribution < 1.29 is 35.9 Å². The van der Waals surface area contributed by atoms with Gasteiger partial charge in [0.1, 0.15) is 0 Å². The monoisotopic (exact) mass is 381 g/mol. The van der Waals surface area contributed by atoms with Crippen LogP contribution >= 0.6 is 11.3 Å².